The number of aromatic nitrogens is 1. The summed E-state index contributed by atoms with van der Waals surface area (Å²) in [6.45, 7) is 1.88. The first-order valence-electron chi connectivity index (χ1n) is 2.67. The van der Waals surface area contributed by atoms with Gasteiger partial charge in [0.1, 0.15) is 0 Å². The van der Waals surface area contributed by atoms with Crippen molar-refractivity contribution < 1.29 is 9.94 Å². The monoisotopic (exact) mass is 120 g/mol. The Labute approximate surface area is 55.1 Å². The van der Waals surface area contributed by atoms with Gasteiger partial charge in [-0.2, -0.15) is 0 Å². The van der Waals surface area contributed by atoms with Crippen molar-refractivity contribution in [2.75, 3.05) is 0 Å². The van der Waals surface area contributed by atoms with Crippen LogP contribution in [0, 0.1) is 6.92 Å². The standard InChI is InChI=1S/C6H7BNO/c1-5-2-3-6(7)8(9)4-5/h2-4,9H,1H3/q+1. The van der Waals surface area contributed by atoms with Crippen LogP contribution in [-0.4, -0.2) is 13.1 Å². The molecule has 1 N–H and O–H groups in total. The van der Waals surface area contributed by atoms with Crippen molar-refractivity contribution in [2.45, 2.75) is 6.92 Å². The minimum Gasteiger partial charge on any atom is -0.286 e. The van der Waals surface area contributed by atoms with Gasteiger partial charge in [0.2, 0.25) is 14.0 Å². The van der Waals surface area contributed by atoms with Crippen LogP contribution in [0.4, 0.5) is 0 Å². The van der Waals surface area contributed by atoms with Crippen LogP contribution in [0.1, 0.15) is 5.56 Å². The molecule has 1 aromatic rings. The Hall–Kier alpha value is -0.985. The topological polar surface area (TPSA) is 24.1 Å². The fraction of sp³-hybridized carbons (Fsp3) is 0.167. The van der Waals surface area contributed by atoms with E-state index in [2.05, 4.69) is 0 Å². The number of nitrogens with zero attached hydrogens (tertiary/aromatic N) is 1. The molecule has 0 saturated carbocycles. The van der Waals surface area contributed by atoms with Gasteiger partial charge in [-0.25, -0.2) is 0 Å². The number of rotatable bonds is 0. The number of hydrogen-bond donors (Lipinski definition) is 1. The van der Waals surface area contributed by atoms with Crippen LogP contribution in [0.2, 0.25) is 0 Å². The lowest BCUT2D eigenvalue weighted by Gasteiger charge is -1.89. The zero-order valence-electron chi connectivity index (χ0n) is 5.20. The molecule has 0 aliphatic carbocycles. The summed E-state index contributed by atoms with van der Waals surface area (Å²) in [6.07, 6.45) is 1.55. The average Bonchev–Trinajstić information content (AvgIpc) is 1.80. The Morgan fingerprint density at radius 3 is 2.67 bits per heavy atom. The molecule has 0 aliphatic heterocycles. The molecule has 0 bridgehead atoms. The molecule has 2 radical (unpaired) electrons. The Morgan fingerprint density at radius 2 is 2.22 bits per heavy atom. The van der Waals surface area contributed by atoms with Gasteiger partial charge in [0.25, 0.3) is 0 Å². The molecule has 1 rings (SSSR count). The van der Waals surface area contributed by atoms with Crippen LogP contribution < -0.4 is 10.3 Å². The molecule has 0 fully saturated rings. The van der Waals surface area contributed by atoms with Gasteiger partial charge in [-0.1, -0.05) is 0 Å². The molecular formula is C6H7BNO+. The smallest absolute Gasteiger partial charge is 0.224 e. The predicted octanol–water partition coefficient (Wildman–Crippen LogP) is -0.686. The van der Waals surface area contributed by atoms with Gasteiger partial charge < -0.3 is 0 Å². The van der Waals surface area contributed by atoms with E-state index >= 15 is 0 Å². The summed E-state index contributed by atoms with van der Waals surface area (Å²) < 4.78 is 0.898. The van der Waals surface area contributed by atoms with Crippen molar-refractivity contribution >= 4 is 13.4 Å². The Bertz CT molecular complexity index is 224. The van der Waals surface area contributed by atoms with Crippen molar-refractivity contribution in [3.63, 3.8) is 0 Å². The summed E-state index contributed by atoms with van der Waals surface area (Å²) in [5.41, 5.74) is 1.33. The van der Waals surface area contributed by atoms with Crippen LogP contribution in [-0.2, 0) is 0 Å². The maximum absolute atomic E-state index is 8.89. The average molecular weight is 120 g/mol. The van der Waals surface area contributed by atoms with Gasteiger partial charge in [-0.05, 0) is 23.8 Å². The third kappa shape index (κ3) is 1.22. The van der Waals surface area contributed by atoms with Crippen molar-refractivity contribution in [3.05, 3.63) is 23.9 Å². The molecule has 0 unspecified atom stereocenters. The van der Waals surface area contributed by atoms with E-state index in [4.69, 9.17) is 13.1 Å². The van der Waals surface area contributed by atoms with E-state index < -0.39 is 0 Å². The highest BCUT2D eigenvalue weighted by molar-refractivity contribution is 6.29. The summed E-state index contributed by atoms with van der Waals surface area (Å²) in [4.78, 5) is 0. The summed E-state index contributed by atoms with van der Waals surface area (Å²) in [5.74, 6) is 0. The first-order valence-corrected chi connectivity index (χ1v) is 2.67. The number of hydrogen-bond acceptors (Lipinski definition) is 1. The normalized spacial score (nSPS) is 9.44. The molecular weight excluding hydrogens is 113 g/mol. The van der Waals surface area contributed by atoms with Gasteiger partial charge >= 0.3 is 0 Å². The zero-order valence-corrected chi connectivity index (χ0v) is 5.20. The maximum atomic E-state index is 8.89. The third-order valence-corrected chi connectivity index (χ3v) is 1.11. The summed E-state index contributed by atoms with van der Waals surface area (Å²) in [5, 5.41) is 8.89. The highest BCUT2D eigenvalue weighted by Crippen LogP contribution is 1.85. The SMILES string of the molecule is [B]c1ccc(C)c[n+]1O. The van der Waals surface area contributed by atoms with Crippen LogP contribution >= 0.6 is 0 Å². The van der Waals surface area contributed by atoms with Crippen LogP contribution in [0.5, 0.6) is 0 Å². The lowest BCUT2D eigenvalue weighted by atomic mass is 10.0. The van der Waals surface area contributed by atoms with E-state index in [0.29, 0.717) is 5.59 Å². The highest BCUT2D eigenvalue weighted by atomic mass is 16.5. The van der Waals surface area contributed by atoms with Gasteiger partial charge in [-0.3, -0.25) is 5.21 Å². The quantitative estimate of drug-likeness (QED) is 0.273. The number of aryl methyl sites for hydroxylation is 1. The molecule has 0 atom stereocenters. The lowest BCUT2D eigenvalue weighted by Crippen LogP contribution is -2.47. The molecule has 1 heterocycles. The molecule has 0 spiro atoms. The van der Waals surface area contributed by atoms with Gasteiger partial charge in [0.15, 0.2) is 5.59 Å². The van der Waals surface area contributed by atoms with Gasteiger partial charge in [0, 0.05) is 5.56 Å². The molecule has 2 nitrogen and oxygen atoms in total. The molecule has 1 aromatic heterocycles. The van der Waals surface area contributed by atoms with E-state index in [1.54, 1.807) is 12.3 Å². The Kier molecular flexibility index (Phi) is 1.43. The molecule has 0 aromatic carbocycles. The van der Waals surface area contributed by atoms with E-state index in [9.17, 15) is 0 Å². The minimum absolute atomic E-state index is 0.348. The maximum Gasteiger partial charge on any atom is 0.224 e. The second-order valence-electron chi connectivity index (χ2n) is 1.98. The second-order valence-corrected chi connectivity index (χ2v) is 1.98. The predicted molar refractivity (Wildman–Crippen MR) is 33.9 cm³/mol. The molecule has 0 saturated heterocycles. The Morgan fingerprint density at radius 1 is 1.56 bits per heavy atom. The van der Waals surface area contributed by atoms with E-state index in [1.165, 1.54) is 0 Å². The third-order valence-electron chi connectivity index (χ3n) is 1.11. The molecule has 3 heteroatoms. The highest BCUT2D eigenvalue weighted by Gasteiger charge is 2.00. The van der Waals surface area contributed by atoms with Crippen LogP contribution in [0.25, 0.3) is 0 Å². The van der Waals surface area contributed by atoms with Crippen molar-refractivity contribution in [2.24, 2.45) is 0 Å². The first kappa shape index (κ1) is 6.14. The fourth-order valence-electron chi connectivity index (χ4n) is 0.604. The van der Waals surface area contributed by atoms with Gasteiger partial charge in [0.05, 0.1) is 0 Å². The molecule has 0 aliphatic rings. The molecule has 44 valence electrons. The van der Waals surface area contributed by atoms with Crippen LogP contribution in [0.15, 0.2) is 18.3 Å². The van der Waals surface area contributed by atoms with Crippen molar-refractivity contribution in [3.8, 4) is 0 Å². The Balaban J connectivity index is 3.17. The fourth-order valence-corrected chi connectivity index (χ4v) is 0.604. The number of pyridine rings is 1. The summed E-state index contributed by atoms with van der Waals surface area (Å²) in [7, 11) is 5.30. The van der Waals surface area contributed by atoms with Gasteiger partial charge in [-0.15, -0.1) is 0 Å². The van der Waals surface area contributed by atoms with E-state index in [0.717, 1.165) is 10.3 Å². The van der Waals surface area contributed by atoms with Crippen molar-refractivity contribution in [1.29, 1.82) is 0 Å². The molecule has 9 heavy (non-hydrogen) atoms. The zero-order chi connectivity index (χ0) is 6.85. The summed E-state index contributed by atoms with van der Waals surface area (Å²) >= 11 is 0. The minimum atomic E-state index is 0.348. The first-order chi connectivity index (χ1) is 4.20. The van der Waals surface area contributed by atoms with Crippen molar-refractivity contribution in [1.82, 2.24) is 0 Å². The lowest BCUT2D eigenvalue weighted by molar-refractivity contribution is -0.891. The van der Waals surface area contributed by atoms with E-state index in [-0.39, 0.29) is 0 Å². The largest absolute Gasteiger partial charge is 0.286 e. The van der Waals surface area contributed by atoms with Crippen LogP contribution in [0.3, 0.4) is 0 Å². The summed E-state index contributed by atoms with van der Waals surface area (Å²) in [6, 6.07) is 3.48. The molecule has 0 amide bonds. The van der Waals surface area contributed by atoms with E-state index in [1.807, 2.05) is 13.0 Å². The second kappa shape index (κ2) is 2.09.